The van der Waals surface area contributed by atoms with Gasteiger partial charge in [-0.2, -0.15) is 0 Å². The van der Waals surface area contributed by atoms with Crippen molar-refractivity contribution in [3.8, 4) is 0 Å². The molecular weight excluding hydrogens is 194 g/mol. The molecule has 0 amide bonds. The summed E-state index contributed by atoms with van der Waals surface area (Å²) in [5.41, 5.74) is 3.22. The van der Waals surface area contributed by atoms with Crippen LogP contribution >= 0.6 is 11.3 Å². The number of ketones is 1. The number of carbonyl (C=O) groups is 1. The van der Waals surface area contributed by atoms with Gasteiger partial charge in [-0.15, -0.1) is 11.3 Å². The summed E-state index contributed by atoms with van der Waals surface area (Å²) in [5.74, 6) is 0.443. The second-order valence-electron chi connectivity index (χ2n) is 3.82. The summed E-state index contributed by atoms with van der Waals surface area (Å²) in [6.45, 7) is 0. The molecule has 0 radical (unpaired) electrons. The van der Waals surface area contributed by atoms with Crippen molar-refractivity contribution in [2.24, 2.45) is 0 Å². The average Bonchev–Trinajstić information content (AvgIpc) is 2.61. The molecule has 0 saturated heterocycles. The van der Waals surface area contributed by atoms with Gasteiger partial charge in [0.15, 0.2) is 0 Å². The first-order valence-electron chi connectivity index (χ1n) is 5.29. The van der Waals surface area contributed by atoms with Gasteiger partial charge in [0.05, 0.1) is 11.2 Å². The number of fused-ring (bicyclic) bond motifs is 1. The predicted octanol–water partition coefficient (Wildman–Crippen LogP) is 2.76. The minimum Gasteiger partial charge on any atom is -0.300 e. The molecule has 0 aromatic carbocycles. The lowest BCUT2D eigenvalue weighted by atomic mass is 10.0. The number of Topliss-reactive ketones (excluding diaryl/α,β-unsaturated/α-hetero) is 1. The molecule has 0 N–H and O–H groups in total. The SMILES string of the molecule is O=C1CCCCc2ncsc2CCC1. The molecular formula is C11H15NOS. The maximum Gasteiger partial charge on any atom is 0.132 e. The molecule has 0 spiro atoms. The van der Waals surface area contributed by atoms with E-state index in [0.717, 1.165) is 44.9 Å². The van der Waals surface area contributed by atoms with Crippen LogP contribution in [0.4, 0.5) is 0 Å². The summed E-state index contributed by atoms with van der Waals surface area (Å²) in [6.07, 6.45) is 6.81. The molecule has 0 atom stereocenters. The molecule has 0 fully saturated rings. The van der Waals surface area contributed by atoms with Crippen LogP contribution in [0.25, 0.3) is 0 Å². The van der Waals surface area contributed by atoms with Crippen LogP contribution in [0, 0.1) is 0 Å². The van der Waals surface area contributed by atoms with Crippen LogP contribution in [0.5, 0.6) is 0 Å². The summed E-state index contributed by atoms with van der Waals surface area (Å²) in [7, 11) is 0. The van der Waals surface area contributed by atoms with Gasteiger partial charge in [-0.05, 0) is 32.1 Å². The predicted molar refractivity (Wildman–Crippen MR) is 57.6 cm³/mol. The van der Waals surface area contributed by atoms with E-state index >= 15 is 0 Å². The van der Waals surface area contributed by atoms with Crippen molar-refractivity contribution in [2.45, 2.75) is 44.9 Å². The van der Waals surface area contributed by atoms with Crippen molar-refractivity contribution in [1.29, 1.82) is 0 Å². The molecule has 0 aliphatic heterocycles. The van der Waals surface area contributed by atoms with Gasteiger partial charge in [0, 0.05) is 17.7 Å². The van der Waals surface area contributed by atoms with Gasteiger partial charge in [-0.3, -0.25) is 4.79 Å². The van der Waals surface area contributed by atoms with E-state index in [1.54, 1.807) is 11.3 Å². The zero-order chi connectivity index (χ0) is 9.80. The minimum atomic E-state index is 0.443. The van der Waals surface area contributed by atoms with E-state index in [1.807, 2.05) is 5.51 Å². The second-order valence-corrected chi connectivity index (χ2v) is 4.76. The Labute approximate surface area is 88.4 Å². The summed E-state index contributed by atoms with van der Waals surface area (Å²) in [5, 5.41) is 0. The third-order valence-electron chi connectivity index (χ3n) is 2.70. The smallest absolute Gasteiger partial charge is 0.132 e. The Morgan fingerprint density at radius 2 is 1.86 bits per heavy atom. The summed E-state index contributed by atoms with van der Waals surface area (Å²) in [6, 6.07) is 0. The van der Waals surface area contributed by atoms with Crippen molar-refractivity contribution >= 4 is 17.1 Å². The van der Waals surface area contributed by atoms with Crippen LogP contribution in [0.3, 0.4) is 0 Å². The van der Waals surface area contributed by atoms with Crippen molar-refractivity contribution in [3.05, 3.63) is 16.1 Å². The Kier molecular flexibility index (Phi) is 3.30. The first-order chi connectivity index (χ1) is 6.86. The van der Waals surface area contributed by atoms with E-state index in [9.17, 15) is 4.79 Å². The topological polar surface area (TPSA) is 30.0 Å². The van der Waals surface area contributed by atoms with Gasteiger partial charge in [0.2, 0.25) is 0 Å². The maximum absolute atomic E-state index is 11.3. The summed E-state index contributed by atoms with van der Waals surface area (Å²) < 4.78 is 0. The zero-order valence-corrected chi connectivity index (χ0v) is 9.11. The molecule has 2 rings (SSSR count). The molecule has 1 aromatic heterocycles. The molecule has 2 nitrogen and oxygen atoms in total. The van der Waals surface area contributed by atoms with E-state index < -0.39 is 0 Å². The molecule has 76 valence electrons. The highest BCUT2D eigenvalue weighted by Crippen LogP contribution is 2.20. The Morgan fingerprint density at radius 1 is 1.07 bits per heavy atom. The fourth-order valence-corrected chi connectivity index (χ4v) is 2.75. The van der Waals surface area contributed by atoms with Gasteiger partial charge in [0.1, 0.15) is 5.78 Å². The van der Waals surface area contributed by atoms with Crippen molar-refractivity contribution in [2.75, 3.05) is 0 Å². The second kappa shape index (κ2) is 4.69. The molecule has 1 aliphatic rings. The van der Waals surface area contributed by atoms with Gasteiger partial charge >= 0.3 is 0 Å². The molecule has 1 aromatic rings. The molecule has 3 heteroatoms. The van der Waals surface area contributed by atoms with Gasteiger partial charge in [0.25, 0.3) is 0 Å². The average molecular weight is 209 g/mol. The van der Waals surface area contributed by atoms with E-state index in [0.29, 0.717) is 5.78 Å². The fourth-order valence-electron chi connectivity index (χ4n) is 1.89. The largest absolute Gasteiger partial charge is 0.300 e. The minimum absolute atomic E-state index is 0.443. The number of rotatable bonds is 0. The lowest BCUT2D eigenvalue weighted by molar-refractivity contribution is -0.119. The van der Waals surface area contributed by atoms with E-state index in [1.165, 1.54) is 10.6 Å². The van der Waals surface area contributed by atoms with Crippen LogP contribution in [-0.4, -0.2) is 10.8 Å². The van der Waals surface area contributed by atoms with Gasteiger partial charge in [-0.25, -0.2) is 4.98 Å². The fraction of sp³-hybridized carbons (Fsp3) is 0.636. The quantitative estimate of drug-likeness (QED) is 0.657. The highest BCUT2D eigenvalue weighted by molar-refractivity contribution is 7.09. The normalized spacial score (nSPS) is 19.0. The monoisotopic (exact) mass is 209 g/mol. The van der Waals surface area contributed by atoms with E-state index in [4.69, 9.17) is 0 Å². The lowest BCUT2D eigenvalue weighted by Crippen LogP contribution is -2.02. The van der Waals surface area contributed by atoms with Crippen molar-refractivity contribution in [1.82, 2.24) is 4.98 Å². The van der Waals surface area contributed by atoms with Gasteiger partial charge in [-0.1, -0.05) is 0 Å². The standard InChI is InChI=1S/C11H15NOS/c13-9-4-1-2-6-10-11(7-3-5-9)14-8-12-10/h8H,1-7H2. The lowest BCUT2D eigenvalue weighted by Gasteiger charge is -2.06. The van der Waals surface area contributed by atoms with Crippen molar-refractivity contribution < 1.29 is 4.79 Å². The third kappa shape index (κ3) is 2.41. The Bertz CT molecular complexity index is 319. The number of nitrogens with zero attached hydrogens (tertiary/aromatic N) is 1. The number of hydrogen-bond acceptors (Lipinski definition) is 3. The molecule has 0 unspecified atom stereocenters. The zero-order valence-electron chi connectivity index (χ0n) is 8.29. The first-order valence-corrected chi connectivity index (χ1v) is 6.17. The summed E-state index contributed by atoms with van der Waals surface area (Å²) in [4.78, 5) is 17.1. The molecule has 1 aliphatic carbocycles. The number of aryl methyl sites for hydroxylation is 2. The van der Waals surface area contributed by atoms with Crippen LogP contribution < -0.4 is 0 Å². The molecule has 0 saturated carbocycles. The maximum atomic E-state index is 11.3. The third-order valence-corrected chi connectivity index (χ3v) is 3.64. The van der Waals surface area contributed by atoms with Crippen LogP contribution in [-0.2, 0) is 17.6 Å². The molecule has 1 heterocycles. The van der Waals surface area contributed by atoms with Crippen LogP contribution in [0.2, 0.25) is 0 Å². The first kappa shape index (κ1) is 9.84. The molecule has 14 heavy (non-hydrogen) atoms. The highest BCUT2D eigenvalue weighted by Gasteiger charge is 2.10. The number of hydrogen-bond donors (Lipinski definition) is 0. The highest BCUT2D eigenvalue weighted by atomic mass is 32.1. The summed E-state index contributed by atoms with van der Waals surface area (Å²) >= 11 is 1.74. The molecule has 0 bridgehead atoms. The van der Waals surface area contributed by atoms with E-state index in [2.05, 4.69) is 4.98 Å². The van der Waals surface area contributed by atoms with Crippen LogP contribution in [0.1, 0.15) is 42.7 Å². The Hall–Kier alpha value is -0.700. The number of carbonyl (C=O) groups excluding carboxylic acids is 1. The Balaban J connectivity index is 2.05. The number of thiazole rings is 1. The van der Waals surface area contributed by atoms with Crippen LogP contribution in [0.15, 0.2) is 5.51 Å². The van der Waals surface area contributed by atoms with Gasteiger partial charge < -0.3 is 0 Å². The van der Waals surface area contributed by atoms with Crippen molar-refractivity contribution in [3.63, 3.8) is 0 Å². The number of aromatic nitrogens is 1. The Morgan fingerprint density at radius 3 is 2.79 bits per heavy atom. The van der Waals surface area contributed by atoms with E-state index in [-0.39, 0.29) is 0 Å².